The summed E-state index contributed by atoms with van der Waals surface area (Å²) in [4.78, 5) is 36.0. The summed E-state index contributed by atoms with van der Waals surface area (Å²) >= 11 is 1.54. The monoisotopic (exact) mass is 288 g/mol. The minimum absolute atomic E-state index is 0.00844. The number of thioether (sulfide) groups is 1. The van der Waals surface area contributed by atoms with Crippen LogP contribution in [0.5, 0.6) is 0 Å². The molecule has 0 bridgehead atoms. The van der Waals surface area contributed by atoms with Gasteiger partial charge in [-0.15, -0.1) is 11.8 Å². The molecule has 0 aliphatic carbocycles. The molecular formula is C12H20N2O4S. The van der Waals surface area contributed by atoms with E-state index < -0.39 is 12.0 Å². The largest absolute Gasteiger partial charge is 0.481 e. The number of carboxylic acid groups (broad SMARTS) is 1. The number of hydrogen-bond acceptors (Lipinski definition) is 4. The highest BCUT2D eigenvalue weighted by molar-refractivity contribution is 7.99. The minimum atomic E-state index is -0.950. The highest BCUT2D eigenvalue weighted by Gasteiger charge is 2.35. The van der Waals surface area contributed by atoms with Gasteiger partial charge in [0.15, 0.2) is 0 Å². The summed E-state index contributed by atoms with van der Waals surface area (Å²) in [5.74, 6) is -0.211. The molecule has 6 nitrogen and oxygen atoms in total. The number of carbonyl (C=O) groups is 3. The molecule has 0 aromatic heterocycles. The summed E-state index contributed by atoms with van der Waals surface area (Å²) in [6.07, 6.45) is 0.637. The molecule has 1 rings (SSSR count). The first-order valence-electron chi connectivity index (χ1n) is 6.35. The maximum Gasteiger partial charge on any atom is 0.305 e. The molecule has 1 aliphatic heterocycles. The molecule has 2 unspecified atom stereocenters. The van der Waals surface area contributed by atoms with Crippen LogP contribution in [0.2, 0.25) is 0 Å². The van der Waals surface area contributed by atoms with Crippen molar-refractivity contribution in [2.45, 2.75) is 32.7 Å². The fourth-order valence-corrected chi connectivity index (χ4v) is 2.91. The summed E-state index contributed by atoms with van der Waals surface area (Å²) in [7, 11) is 0. The van der Waals surface area contributed by atoms with Crippen LogP contribution in [0.15, 0.2) is 0 Å². The van der Waals surface area contributed by atoms with Gasteiger partial charge < -0.3 is 15.3 Å². The van der Waals surface area contributed by atoms with Crippen LogP contribution in [0.1, 0.15) is 26.7 Å². The van der Waals surface area contributed by atoms with Gasteiger partial charge in [0.1, 0.15) is 6.04 Å². The van der Waals surface area contributed by atoms with Gasteiger partial charge in [0.05, 0.1) is 12.3 Å². The number of amides is 2. The Morgan fingerprint density at radius 3 is 2.74 bits per heavy atom. The fourth-order valence-electron chi connectivity index (χ4n) is 1.75. The van der Waals surface area contributed by atoms with Crippen molar-refractivity contribution in [1.29, 1.82) is 0 Å². The SMILES string of the molecule is CCC(C)C(=O)N1CSCC1C(=O)NCCC(=O)O. The predicted octanol–water partition coefficient (Wildman–Crippen LogP) is 0.525. The van der Waals surface area contributed by atoms with E-state index in [9.17, 15) is 14.4 Å². The number of carboxylic acids is 1. The number of aliphatic carboxylic acids is 1. The molecule has 0 saturated carbocycles. The number of hydrogen-bond donors (Lipinski definition) is 2. The highest BCUT2D eigenvalue weighted by Crippen LogP contribution is 2.23. The lowest BCUT2D eigenvalue weighted by atomic mass is 10.1. The Bertz CT molecular complexity index is 362. The van der Waals surface area contributed by atoms with Gasteiger partial charge in [0.2, 0.25) is 11.8 Å². The second-order valence-corrected chi connectivity index (χ2v) is 5.57. The molecule has 1 saturated heterocycles. The molecule has 0 spiro atoms. The Labute approximate surface area is 116 Å². The molecule has 0 aromatic carbocycles. The second kappa shape index (κ2) is 7.37. The van der Waals surface area contributed by atoms with E-state index in [1.165, 1.54) is 0 Å². The normalized spacial score (nSPS) is 20.1. The van der Waals surface area contributed by atoms with Crippen molar-refractivity contribution in [3.8, 4) is 0 Å². The first-order valence-corrected chi connectivity index (χ1v) is 7.50. The molecule has 0 aromatic rings. The molecule has 7 heteroatoms. The first-order chi connectivity index (χ1) is 8.97. The van der Waals surface area contributed by atoms with Crippen LogP contribution >= 0.6 is 11.8 Å². The molecule has 1 aliphatic rings. The molecule has 2 amide bonds. The van der Waals surface area contributed by atoms with Crippen molar-refractivity contribution in [3.05, 3.63) is 0 Å². The third-order valence-electron chi connectivity index (χ3n) is 3.14. The predicted molar refractivity (Wildman–Crippen MR) is 72.7 cm³/mol. The molecule has 2 atom stereocenters. The minimum Gasteiger partial charge on any atom is -0.481 e. The van der Waals surface area contributed by atoms with Gasteiger partial charge >= 0.3 is 5.97 Å². The highest BCUT2D eigenvalue weighted by atomic mass is 32.2. The van der Waals surface area contributed by atoms with E-state index in [-0.39, 0.29) is 30.7 Å². The van der Waals surface area contributed by atoms with Crippen LogP contribution < -0.4 is 5.32 Å². The molecule has 0 radical (unpaired) electrons. The maximum atomic E-state index is 12.1. The van der Waals surface area contributed by atoms with Gasteiger partial charge in [-0.1, -0.05) is 13.8 Å². The number of carbonyl (C=O) groups excluding carboxylic acids is 2. The van der Waals surface area contributed by atoms with Crippen LogP contribution in [-0.4, -0.2) is 52.0 Å². The number of nitrogens with zero attached hydrogens (tertiary/aromatic N) is 1. The average Bonchev–Trinajstić information content (AvgIpc) is 2.85. The van der Waals surface area contributed by atoms with Crippen molar-refractivity contribution in [1.82, 2.24) is 10.2 Å². The molecular weight excluding hydrogens is 268 g/mol. The van der Waals surface area contributed by atoms with Crippen LogP contribution in [0.3, 0.4) is 0 Å². The van der Waals surface area contributed by atoms with E-state index in [1.54, 1.807) is 16.7 Å². The Hall–Kier alpha value is -1.24. The van der Waals surface area contributed by atoms with E-state index in [1.807, 2.05) is 13.8 Å². The van der Waals surface area contributed by atoms with Gasteiger partial charge in [-0.25, -0.2) is 0 Å². The number of nitrogens with one attached hydrogen (secondary N) is 1. The molecule has 108 valence electrons. The summed E-state index contributed by atoms with van der Waals surface area (Å²) in [5.41, 5.74) is 0. The fraction of sp³-hybridized carbons (Fsp3) is 0.750. The van der Waals surface area contributed by atoms with Crippen LogP contribution in [0, 0.1) is 5.92 Å². The van der Waals surface area contributed by atoms with Crippen molar-refractivity contribution in [2.24, 2.45) is 5.92 Å². The van der Waals surface area contributed by atoms with Gasteiger partial charge in [-0.2, -0.15) is 0 Å². The smallest absolute Gasteiger partial charge is 0.305 e. The third-order valence-corrected chi connectivity index (χ3v) is 4.15. The Morgan fingerprint density at radius 1 is 1.47 bits per heavy atom. The van der Waals surface area contributed by atoms with E-state index in [2.05, 4.69) is 5.32 Å². The maximum absolute atomic E-state index is 12.1. The lowest BCUT2D eigenvalue weighted by Crippen LogP contribution is -2.49. The van der Waals surface area contributed by atoms with E-state index in [0.29, 0.717) is 11.6 Å². The van der Waals surface area contributed by atoms with Crippen molar-refractivity contribution >= 4 is 29.5 Å². The lowest BCUT2D eigenvalue weighted by molar-refractivity contribution is -0.141. The zero-order chi connectivity index (χ0) is 14.4. The van der Waals surface area contributed by atoms with Crippen LogP contribution in [-0.2, 0) is 14.4 Å². The molecule has 1 heterocycles. The molecule has 19 heavy (non-hydrogen) atoms. The third kappa shape index (κ3) is 4.41. The first kappa shape index (κ1) is 15.8. The second-order valence-electron chi connectivity index (χ2n) is 4.57. The van der Waals surface area contributed by atoms with Gasteiger partial charge in [0.25, 0.3) is 0 Å². The summed E-state index contributed by atoms with van der Waals surface area (Å²) in [6.45, 7) is 3.89. The zero-order valence-corrected chi connectivity index (χ0v) is 12.0. The zero-order valence-electron chi connectivity index (χ0n) is 11.2. The molecule has 2 N–H and O–H groups in total. The quantitative estimate of drug-likeness (QED) is 0.744. The van der Waals surface area contributed by atoms with Crippen LogP contribution in [0.25, 0.3) is 0 Å². The van der Waals surface area contributed by atoms with E-state index in [4.69, 9.17) is 5.11 Å². The Kier molecular flexibility index (Phi) is 6.14. The topological polar surface area (TPSA) is 86.7 Å². The average molecular weight is 288 g/mol. The van der Waals surface area contributed by atoms with E-state index >= 15 is 0 Å². The van der Waals surface area contributed by atoms with Crippen molar-refractivity contribution in [2.75, 3.05) is 18.2 Å². The summed E-state index contributed by atoms with van der Waals surface area (Å²) in [6, 6.07) is -0.472. The van der Waals surface area contributed by atoms with Crippen molar-refractivity contribution in [3.63, 3.8) is 0 Å². The summed E-state index contributed by atoms with van der Waals surface area (Å²) in [5, 5.41) is 11.1. The van der Waals surface area contributed by atoms with E-state index in [0.717, 1.165) is 6.42 Å². The van der Waals surface area contributed by atoms with Crippen molar-refractivity contribution < 1.29 is 19.5 Å². The van der Waals surface area contributed by atoms with Gasteiger partial charge in [0, 0.05) is 18.2 Å². The standard InChI is InChI=1S/C12H20N2O4S/c1-3-8(2)12(18)14-7-19-6-9(14)11(17)13-5-4-10(15)16/h8-9H,3-7H2,1-2H3,(H,13,17)(H,15,16). The molecule has 1 fully saturated rings. The van der Waals surface area contributed by atoms with Crippen LogP contribution in [0.4, 0.5) is 0 Å². The lowest BCUT2D eigenvalue weighted by Gasteiger charge is -2.25. The van der Waals surface area contributed by atoms with Gasteiger partial charge in [-0.3, -0.25) is 14.4 Å². The summed E-state index contributed by atoms with van der Waals surface area (Å²) < 4.78 is 0. The Balaban J connectivity index is 2.53. The number of rotatable bonds is 6. The Morgan fingerprint density at radius 2 is 2.16 bits per heavy atom. The van der Waals surface area contributed by atoms with Gasteiger partial charge in [-0.05, 0) is 6.42 Å².